The monoisotopic (exact) mass is 348 g/mol. The van der Waals surface area contributed by atoms with E-state index >= 15 is 0 Å². The number of phenols is 1. The third-order valence-electron chi connectivity index (χ3n) is 3.66. The predicted molar refractivity (Wildman–Crippen MR) is 91.2 cm³/mol. The zero-order valence-corrected chi connectivity index (χ0v) is 13.5. The molecule has 0 saturated carbocycles. The molecule has 0 saturated heterocycles. The van der Waals surface area contributed by atoms with Crippen molar-refractivity contribution in [1.29, 1.82) is 5.26 Å². The minimum atomic E-state index is -0.651. The van der Waals surface area contributed by atoms with Crippen molar-refractivity contribution in [2.45, 2.75) is 6.61 Å². The molecule has 0 bridgehead atoms. The van der Waals surface area contributed by atoms with Crippen LogP contribution in [-0.4, -0.2) is 15.9 Å². The smallest absolute Gasteiger partial charge is 0.232 e. The van der Waals surface area contributed by atoms with E-state index in [0.29, 0.717) is 0 Å². The third kappa shape index (κ3) is 3.68. The zero-order chi connectivity index (χ0) is 18.5. The second-order valence-corrected chi connectivity index (χ2v) is 5.45. The van der Waals surface area contributed by atoms with Crippen molar-refractivity contribution in [1.82, 2.24) is 4.98 Å². The van der Waals surface area contributed by atoms with Gasteiger partial charge in [-0.3, -0.25) is 4.79 Å². The molecule has 0 aliphatic rings. The number of hydrogen-bond donors (Lipinski definition) is 1. The van der Waals surface area contributed by atoms with E-state index in [1.807, 2.05) is 36.4 Å². The second kappa shape index (κ2) is 7.45. The molecule has 3 rings (SSSR count). The first-order chi connectivity index (χ1) is 12.6. The molecule has 26 heavy (non-hydrogen) atoms. The van der Waals surface area contributed by atoms with Crippen molar-refractivity contribution in [2.75, 3.05) is 0 Å². The predicted octanol–water partition coefficient (Wildman–Crippen LogP) is 3.61. The lowest BCUT2D eigenvalue weighted by Gasteiger charge is -2.09. The van der Waals surface area contributed by atoms with Gasteiger partial charge < -0.3 is 9.84 Å². The summed E-state index contributed by atoms with van der Waals surface area (Å²) in [6.45, 7) is 0.223. The first kappa shape index (κ1) is 17.1. The molecular weight excluding hydrogens is 335 g/mol. The Morgan fingerprint density at radius 2 is 1.96 bits per heavy atom. The van der Waals surface area contributed by atoms with Gasteiger partial charge in [0.25, 0.3) is 0 Å². The Bertz CT molecular complexity index is 998. The Morgan fingerprint density at radius 3 is 2.69 bits per heavy atom. The maximum absolute atomic E-state index is 13.3. The number of nitriles is 1. The molecule has 3 aromatic rings. The van der Waals surface area contributed by atoms with E-state index < -0.39 is 11.6 Å². The molecule has 6 heteroatoms. The zero-order valence-electron chi connectivity index (χ0n) is 13.5. The molecule has 1 heterocycles. The van der Waals surface area contributed by atoms with E-state index in [1.165, 1.54) is 12.3 Å². The lowest BCUT2D eigenvalue weighted by Crippen LogP contribution is -2.06. The number of carbonyl (C=O) groups excluding carboxylic acids is 1. The van der Waals surface area contributed by atoms with Crippen molar-refractivity contribution in [2.24, 2.45) is 0 Å². The molecule has 0 atom stereocenters. The summed E-state index contributed by atoms with van der Waals surface area (Å²) in [6, 6.07) is 15.7. The number of pyridine rings is 1. The summed E-state index contributed by atoms with van der Waals surface area (Å²) in [6.07, 6.45) is 1.23. The number of benzene rings is 2. The normalized spacial score (nSPS) is 10.2. The second-order valence-electron chi connectivity index (χ2n) is 5.45. The Labute approximate surface area is 148 Å². The average molecular weight is 348 g/mol. The van der Waals surface area contributed by atoms with Crippen LogP contribution in [0.15, 0.2) is 60.8 Å². The molecule has 0 unspecified atom stereocenters. The van der Waals surface area contributed by atoms with E-state index in [1.54, 1.807) is 0 Å². The number of halogens is 1. The highest BCUT2D eigenvalue weighted by Gasteiger charge is 2.17. The van der Waals surface area contributed by atoms with E-state index in [-0.39, 0.29) is 34.9 Å². The standard InChI is InChI=1S/C20H13FN2O3/c21-16-6-7-18(24)17(9-16)19(25)15-8-14(10-22)20(23-11-15)26-12-13-4-2-1-3-5-13/h1-9,11,24H,12H2. The molecule has 5 nitrogen and oxygen atoms in total. The molecule has 0 radical (unpaired) electrons. The first-order valence-corrected chi connectivity index (χ1v) is 7.68. The van der Waals surface area contributed by atoms with Crippen molar-refractivity contribution in [3.63, 3.8) is 0 Å². The van der Waals surface area contributed by atoms with E-state index in [2.05, 4.69) is 4.98 Å². The SMILES string of the molecule is N#Cc1cc(C(=O)c2cc(F)ccc2O)cnc1OCc1ccccc1. The number of ether oxygens (including phenoxy) is 1. The molecule has 2 aromatic carbocycles. The Hall–Kier alpha value is -3.72. The Morgan fingerprint density at radius 1 is 1.19 bits per heavy atom. The largest absolute Gasteiger partial charge is 0.507 e. The van der Waals surface area contributed by atoms with E-state index in [4.69, 9.17) is 4.74 Å². The van der Waals surface area contributed by atoms with Crippen LogP contribution < -0.4 is 4.74 Å². The number of nitrogens with zero attached hydrogens (tertiary/aromatic N) is 2. The lowest BCUT2D eigenvalue weighted by atomic mass is 10.0. The minimum Gasteiger partial charge on any atom is -0.507 e. The fourth-order valence-electron chi connectivity index (χ4n) is 2.34. The number of ketones is 1. The van der Waals surface area contributed by atoms with Crippen molar-refractivity contribution in [3.05, 3.63) is 88.9 Å². The molecule has 128 valence electrons. The maximum Gasteiger partial charge on any atom is 0.232 e. The molecule has 0 aliphatic heterocycles. The quantitative estimate of drug-likeness (QED) is 0.712. The Kier molecular flexibility index (Phi) is 4.90. The number of aromatic nitrogens is 1. The van der Waals surface area contributed by atoms with Gasteiger partial charge >= 0.3 is 0 Å². The van der Waals surface area contributed by atoms with Gasteiger partial charge in [0.1, 0.15) is 29.8 Å². The van der Waals surface area contributed by atoms with Gasteiger partial charge in [0.15, 0.2) is 5.78 Å². The molecule has 1 aromatic heterocycles. The highest BCUT2D eigenvalue weighted by atomic mass is 19.1. The first-order valence-electron chi connectivity index (χ1n) is 7.68. The number of aromatic hydroxyl groups is 1. The van der Waals surface area contributed by atoms with Crippen LogP contribution in [0, 0.1) is 17.1 Å². The molecule has 0 spiro atoms. The maximum atomic E-state index is 13.3. The van der Waals surface area contributed by atoms with Crippen LogP contribution in [0.4, 0.5) is 4.39 Å². The number of hydrogen-bond acceptors (Lipinski definition) is 5. The van der Waals surface area contributed by atoms with Gasteiger partial charge in [-0.1, -0.05) is 30.3 Å². The van der Waals surface area contributed by atoms with Gasteiger partial charge in [0.05, 0.1) is 5.56 Å². The summed E-state index contributed by atoms with van der Waals surface area (Å²) < 4.78 is 18.9. The average Bonchev–Trinajstić information content (AvgIpc) is 2.68. The summed E-state index contributed by atoms with van der Waals surface area (Å²) >= 11 is 0. The highest BCUT2D eigenvalue weighted by molar-refractivity contribution is 6.10. The molecule has 0 amide bonds. The van der Waals surface area contributed by atoms with Crippen LogP contribution >= 0.6 is 0 Å². The van der Waals surface area contributed by atoms with Gasteiger partial charge in [0.2, 0.25) is 5.88 Å². The number of carbonyl (C=O) groups is 1. The van der Waals surface area contributed by atoms with Crippen molar-refractivity contribution in [3.8, 4) is 17.7 Å². The minimum absolute atomic E-state index is 0.0505. The van der Waals surface area contributed by atoms with Gasteiger partial charge in [-0.25, -0.2) is 9.37 Å². The van der Waals surface area contributed by atoms with Crippen LogP contribution in [0.25, 0.3) is 0 Å². The summed E-state index contributed by atoms with van der Waals surface area (Å²) in [7, 11) is 0. The lowest BCUT2D eigenvalue weighted by molar-refractivity contribution is 0.103. The van der Waals surface area contributed by atoms with Crippen molar-refractivity contribution < 1.29 is 19.0 Å². The van der Waals surface area contributed by atoms with Gasteiger partial charge in [-0.2, -0.15) is 5.26 Å². The molecule has 0 fully saturated rings. The van der Waals surface area contributed by atoms with Gasteiger partial charge in [-0.15, -0.1) is 0 Å². The fourth-order valence-corrected chi connectivity index (χ4v) is 2.34. The fraction of sp³-hybridized carbons (Fsp3) is 0.0500. The summed E-state index contributed by atoms with van der Waals surface area (Å²) in [5, 5.41) is 19.1. The molecule has 0 aliphatic carbocycles. The third-order valence-corrected chi connectivity index (χ3v) is 3.66. The number of phenolic OH excluding ortho intramolecular Hbond substituents is 1. The van der Waals surface area contributed by atoms with Crippen LogP contribution in [0.2, 0.25) is 0 Å². The molecule has 1 N–H and O–H groups in total. The topological polar surface area (TPSA) is 83.2 Å². The number of rotatable bonds is 5. The van der Waals surface area contributed by atoms with Crippen LogP contribution in [0.3, 0.4) is 0 Å². The van der Waals surface area contributed by atoms with Gasteiger partial charge in [0, 0.05) is 11.8 Å². The molecular formula is C20H13FN2O3. The van der Waals surface area contributed by atoms with Crippen LogP contribution in [0.1, 0.15) is 27.0 Å². The van der Waals surface area contributed by atoms with E-state index in [0.717, 1.165) is 23.8 Å². The highest BCUT2D eigenvalue weighted by Crippen LogP contribution is 2.24. The van der Waals surface area contributed by atoms with Crippen LogP contribution in [0.5, 0.6) is 11.6 Å². The Balaban J connectivity index is 1.85. The summed E-state index contributed by atoms with van der Waals surface area (Å²) in [5.41, 5.74) is 0.828. The summed E-state index contributed by atoms with van der Waals surface area (Å²) in [4.78, 5) is 16.5. The van der Waals surface area contributed by atoms with E-state index in [9.17, 15) is 19.6 Å². The van der Waals surface area contributed by atoms with Crippen molar-refractivity contribution >= 4 is 5.78 Å². The van der Waals surface area contributed by atoms with Crippen LogP contribution in [-0.2, 0) is 6.61 Å². The van der Waals surface area contributed by atoms with Gasteiger partial charge in [-0.05, 0) is 29.8 Å². The summed E-state index contributed by atoms with van der Waals surface area (Å²) in [5.74, 6) is -1.54.